The Hall–Kier alpha value is -3.58. The largest absolute Gasteiger partial charge is 0.493 e. The number of nitrogens with zero attached hydrogens (tertiary/aromatic N) is 2. The number of H-pyrrole nitrogens is 1. The van der Waals surface area contributed by atoms with E-state index in [0.717, 1.165) is 27.4 Å². The maximum absolute atomic E-state index is 13.3. The van der Waals surface area contributed by atoms with Crippen molar-refractivity contribution >= 4 is 27.7 Å². The molecule has 1 fully saturated rings. The minimum absolute atomic E-state index is 0.0859. The predicted octanol–water partition coefficient (Wildman–Crippen LogP) is 3.87. The smallest absolute Gasteiger partial charge is 0.272 e. The number of rotatable bonds is 4. The van der Waals surface area contributed by atoms with E-state index in [0.29, 0.717) is 49.2 Å². The molecular formula is C24H23N3O4. The van der Waals surface area contributed by atoms with Crippen LogP contribution in [-0.2, 0) is 4.74 Å². The summed E-state index contributed by atoms with van der Waals surface area (Å²) in [5, 5.41) is 2.02. The number of fused-ring (bicyclic) bond motifs is 3. The average molecular weight is 417 g/mol. The molecule has 5 rings (SSSR count). The van der Waals surface area contributed by atoms with Gasteiger partial charge in [0.15, 0.2) is 11.5 Å². The van der Waals surface area contributed by atoms with Crippen molar-refractivity contribution in [2.75, 3.05) is 40.5 Å². The number of benzene rings is 2. The van der Waals surface area contributed by atoms with Crippen molar-refractivity contribution < 1.29 is 19.0 Å². The number of aromatic nitrogens is 2. The highest BCUT2D eigenvalue weighted by molar-refractivity contribution is 6.13. The number of hydrogen-bond donors (Lipinski definition) is 1. The van der Waals surface area contributed by atoms with E-state index >= 15 is 0 Å². The summed E-state index contributed by atoms with van der Waals surface area (Å²) in [5.41, 5.74) is 3.84. The monoisotopic (exact) mass is 417 g/mol. The minimum atomic E-state index is -0.0859. The second kappa shape index (κ2) is 7.92. The fraction of sp³-hybridized carbons (Fsp3) is 0.250. The van der Waals surface area contributed by atoms with Crippen LogP contribution >= 0.6 is 0 Å². The molecule has 1 N–H and O–H groups in total. The normalized spacial score (nSPS) is 14.2. The summed E-state index contributed by atoms with van der Waals surface area (Å²) in [6.45, 7) is 2.23. The van der Waals surface area contributed by atoms with Crippen LogP contribution in [0, 0.1) is 0 Å². The maximum atomic E-state index is 13.3. The van der Waals surface area contributed by atoms with Gasteiger partial charge < -0.3 is 24.1 Å². The second-order valence-electron chi connectivity index (χ2n) is 7.42. The molecule has 31 heavy (non-hydrogen) atoms. The van der Waals surface area contributed by atoms with Gasteiger partial charge in [-0.15, -0.1) is 0 Å². The molecule has 0 radical (unpaired) electrons. The van der Waals surface area contributed by atoms with Crippen molar-refractivity contribution in [2.24, 2.45) is 0 Å². The second-order valence-corrected chi connectivity index (χ2v) is 7.42. The molecule has 158 valence electrons. The Morgan fingerprint density at radius 1 is 1.00 bits per heavy atom. The third-order valence-corrected chi connectivity index (χ3v) is 5.67. The predicted molar refractivity (Wildman–Crippen MR) is 119 cm³/mol. The molecule has 2 aromatic carbocycles. The van der Waals surface area contributed by atoms with E-state index < -0.39 is 0 Å². The third-order valence-electron chi connectivity index (χ3n) is 5.67. The van der Waals surface area contributed by atoms with Gasteiger partial charge in [0.05, 0.1) is 38.6 Å². The zero-order chi connectivity index (χ0) is 21.4. The Morgan fingerprint density at radius 3 is 2.55 bits per heavy atom. The Kier molecular flexibility index (Phi) is 4.95. The molecule has 0 bridgehead atoms. The number of morpholine rings is 1. The standard InChI is InChI=1S/C24H23N3O4/c1-29-20-8-7-15(13-21(20)30-2)22-23-17(16-5-3-4-6-18(16)25-23)14-19(26-22)24(28)27-9-11-31-12-10-27/h3-8,13-14,25H,9-12H2,1-2H3. The molecule has 0 spiro atoms. The Morgan fingerprint density at radius 2 is 1.77 bits per heavy atom. The highest BCUT2D eigenvalue weighted by Crippen LogP contribution is 2.36. The Labute approximate surface area is 179 Å². The minimum Gasteiger partial charge on any atom is -0.493 e. The van der Waals surface area contributed by atoms with Gasteiger partial charge in [0, 0.05) is 34.9 Å². The van der Waals surface area contributed by atoms with E-state index in [1.165, 1.54) is 0 Å². The fourth-order valence-corrected chi connectivity index (χ4v) is 4.08. The fourth-order valence-electron chi connectivity index (χ4n) is 4.08. The average Bonchev–Trinajstić information content (AvgIpc) is 3.21. The molecule has 7 nitrogen and oxygen atoms in total. The van der Waals surface area contributed by atoms with E-state index in [4.69, 9.17) is 19.2 Å². The molecular weight excluding hydrogens is 394 g/mol. The molecule has 3 heterocycles. The van der Waals surface area contributed by atoms with Gasteiger partial charge in [-0.1, -0.05) is 18.2 Å². The van der Waals surface area contributed by atoms with Crippen LogP contribution in [0.25, 0.3) is 33.1 Å². The zero-order valence-electron chi connectivity index (χ0n) is 17.5. The SMILES string of the molecule is COc1ccc(-c2nc(C(=O)N3CCOCC3)cc3c2[nH]c2ccccc23)cc1OC. The summed E-state index contributed by atoms with van der Waals surface area (Å²) in [4.78, 5) is 23.3. The Bertz CT molecular complexity index is 1270. The molecule has 1 amide bonds. The van der Waals surface area contributed by atoms with Crippen LogP contribution in [0.1, 0.15) is 10.5 Å². The molecule has 0 saturated carbocycles. The van der Waals surface area contributed by atoms with Crippen LogP contribution in [0.2, 0.25) is 0 Å². The van der Waals surface area contributed by atoms with Gasteiger partial charge in [0.25, 0.3) is 5.91 Å². The third kappa shape index (κ3) is 3.37. The summed E-state index contributed by atoms with van der Waals surface area (Å²) in [5.74, 6) is 1.16. The van der Waals surface area contributed by atoms with E-state index in [-0.39, 0.29) is 5.91 Å². The molecule has 1 aliphatic rings. The number of para-hydroxylation sites is 1. The number of carbonyl (C=O) groups excluding carboxylic acids is 1. The van der Waals surface area contributed by atoms with Crippen molar-refractivity contribution in [3.63, 3.8) is 0 Å². The summed E-state index contributed by atoms with van der Waals surface area (Å²) in [7, 11) is 3.21. The summed E-state index contributed by atoms with van der Waals surface area (Å²) in [6.07, 6.45) is 0. The summed E-state index contributed by atoms with van der Waals surface area (Å²) < 4.78 is 16.3. The first-order chi connectivity index (χ1) is 15.2. The number of pyridine rings is 1. The highest BCUT2D eigenvalue weighted by atomic mass is 16.5. The van der Waals surface area contributed by atoms with Gasteiger partial charge in [0.2, 0.25) is 0 Å². The Balaban J connectivity index is 1.73. The van der Waals surface area contributed by atoms with E-state index in [9.17, 15) is 4.79 Å². The summed E-state index contributed by atoms with van der Waals surface area (Å²) >= 11 is 0. The first-order valence-electron chi connectivity index (χ1n) is 10.2. The first kappa shape index (κ1) is 19.4. The maximum Gasteiger partial charge on any atom is 0.272 e. The van der Waals surface area contributed by atoms with Crippen LogP contribution in [0.5, 0.6) is 11.5 Å². The zero-order valence-corrected chi connectivity index (χ0v) is 17.5. The number of ether oxygens (including phenoxy) is 3. The van der Waals surface area contributed by atoms with Crippen molar-refractivity contribution in [1.29, 1.82) is 0 Å². The van der Waals surface area contributed by atoms with E-state index in [1.54, 1.807) is 19.1 Å². The van der Waals surface area contributed by atoms with Crippen LogP contribution in [0.4, 0.5) is 0 Å². The molecule has 1 aliphatic heterocycles. The van der Waals surface area contributed by atoms with Crippen LogP contribution in [0.3, 0.4) is 0 Å². The van der Waals surface area contributed by atoms with E-state index in [2.05, 4.69) is 11.1 Å². The van der Waals surface area contributed by atoms with Crippen LogP contribution in [0.15, 0.2) is 48.5 Å². The lowest BCUT2D eigenvalue weighted by Gasteiger charge is -2.26. The molecule has 7 heteroatoms. The number of amides is 1. The van der Waals surface area contributed by atoms with Crippen molar-refractivity contribution in [1.82, 2.24) is 14.9 Å². The van der Waals surface area contributed by atoms with Crippen molar-refractivity contribution in [2.45, 2.75) is 0 Å². The first-order valence-corrected chi connectivity index (χ1v) is 10.2. The van der Waals surface area contributed by atoms with Gasteiger partial charge in [-0.05, 0) is 30.3 Å². The molecule has 4 aromatic rings. The van der Waals surface area contributed by atoms with Gasteiger partial charge in [-0.2, -0.15) is 0 Å². The van der Waals surface area contributed by atoms with E-state index in [1.807, 2.05) is 42.5 Å². The summed E-state index contributed by atoms with van der Waals surface area (Å²) in [6, 6.07) is 15.6. The quantitative estimate of drug-likeness (QED) is 0.545. The lowest BCUT2D eigenvalue weighted by Crippen LogP contribution is -2.41. The number of carbonyl (C=O) groups is 1. The molecule has 0 aliphatic carbocycles. The van der Waals surface area contributed by atoms with Gasteiger partial charge in [-0.25, -0.2) is 4.98 Å². The number of nitrogens with one attached hydrogen (secondary N) is 1. The topological polar surface area (TPSA) is 76.7 Å². The lowest BCUT2D eigenvalue weighted by atomic mass is 10.1. The van der Waals surface area contributed by atoms with Gasteiger partial charge >= 0.3 is 0 Å². The molecule has 0 unspecified atom stereocenters. The number of aromatic amines is 1. The van der Waals surface area contributed by atoms with Crippen LogP contribution < -0.4 is 9.47 Å². The van der Waals surface area contributed by atoms with Gasteiger partial charge in [0.1, 0.15) is 5.69 Å². The van der Waals surface area contributed by atoms with Crippen molar-refractivity contribution in [3.8, 4) is 22.8 Å². The lowest BCUT2D eigenvalue weighted by molar-refractivity contribution is 0.0299. The molecule has 1 saturated heterocycles. The van der Waals surface area contributed by atoms with Gasteiger partial charge in [-0.3, -0.25) is 4.79 Å². The number of hydrogen-bond acceptors (Lipinski definition) is 5. The molecule has 0 atom stereocenters. The van der Waals surface area contributed by atoms with Crippen LogP contribution in [-0.4, -0.2) is 61.3 Å². The highest BCUT2D eigenvalue weighted by Gasteiger charge is 2.23. The van der Waals surface area contributed by atoms with Crippen molar-refractivity contribution in [3.05, 3.63) is 54.2 Å². The molecule has 2 aromatic heterocycles. The number of methoxy groups -OCH3 is 2.